The fourth-order valence-electron chi connectivity index (χ4n) is 3.93. The summed E-state index contributed by atoms with van der Waals surface area (Å²) in [6.45, 7) is 0. The zero-order valence-electron chi connectivity index (χ0n) is 18.9. The number of azo groups is 1. The minimum absolute atomic E-state index is 0.239. The molecule has 3 aromatic carbocycles. The van der Waals surface area contributed by atoms with E-state index < -0.39 is 6.36 Å². The van der Waals surface area contributed by atoms with E-state index >= 15 is 0 Å². The van der Waals surface area contributed by atoms with E-state index in [9.17, 15) is 13.2 Å². The number of thiocarbonyl (C=S) groups is 1. The van der Waals surface area contributed by atoms with E-state index in [0.29, 0.717) is 12.1 Å². The summed E-state index contributed by atoms with van der Waals surface area (Å²) in [6, 6.07) is 19.2. The molecule has 1 aliphatic rings. The SMILES string of the molecule is FC(F)(F)Oc1ccc(-n2cnc3c2=CCc2c/c(=C/N=N\C(=S)Nc4ccccc4Br)ccc2=3)cc1. The second-order valence-electron chi connectivity index (χ2n) is 7.97. The molecule has 0 radical (unpaired) electrons. The Balaban J connectivity index is 1.39. The highest BCUT2D eigenvalue weighted by Gasteiger charge is 2.31. The third-order valence-corrected chi connectivity index (χ3v) is 6.40. The average Bonchev–Trinajstić information content (AvgIpc) is 3.29. The first-order valence-electron chi connectivity index (χ1n) is 11.0. The zero-order chi connectivity index (χ0) is 26.0. The van der Waals surface area contributed by atoms with Crippen molar-refractivity contribution in [1.29, 1.82) is 0 Å². The summed E-state index contributed by atoms with van der Waals surface area (Å²) in [5.41, 5.74) is 2.56. The Hall–Kier alpha value is -3.83. The topological polar surface area (TPSA) is 63.8 Å². The maximum atomic E-state index is 12.4. The Kier molecular flexibility index (Phi) is 6.90. The number of hydrogen-bond donors (Lipinski definition) is 1. The molecule has 1 heterocycles. The number of aromatic nitrogens is 2. The fourth-order valence-corrected chi connectivity index (χ4v) is 4.47. The molecule has 0 atom stereocenters. The van der Waals surface area contributed by atoms with Crippen molar-refractivity contribution in [2.75, 3.05) is 5.32 Å². The largest absolute Gasteiger partial charge is 0.573 e. The lowest BCUT2D eigenvalue weighted by atomic mass is 10.0. The second kappa shape index (κ2) is 10.3. The molecule has 0 fully saturated rings. The third-order valence-electron chi connectivity index (χ3n) is 5.52. The molecule has 0 unspecified atom stereocenters. The number of nitrogens with one attached hydrogen (secondary N) is 1. The van der Waals surface area contributed by atoms with E-state index in [1.165, 1.54) is 12.1 Å². The van der Waals surface area contributed by atoms with Gasteiger partial charge in [-0.3, -0.25) is 4.57 Å². The Morgan fingerprint density at radius 1 is 1.11 bits per heavy atom. The van der Waals surface area contributed by atoms with Crippen LogP contribution in [0.2, 0.25) is 0 Å². The van der Waals surface area contributed by atoms with Crippen molar-refractivity contribution in [1.82, 2.24) is 9.55 Å². The van der Waals surface area contributed by atoms with Crippen molar-refractivity contribution in [2.24, 2.45) is 10.2 Å². The Bertz CT molecular complexity index is 1730. The van der Waals surface area contributed by atoms with Gasteiger partial charge < -0.3 is 10.1 Å². The molecule has 4 aromatic rings. The molecule has 0 saturated heterocycles. The van der Waals surface area contributed by atoms with Crippen LogP contribution < -0.4 is 20.6 Å². The van der Waals surface area contributed by atoms with Crippen molar-refractivity contribution in [3.8, 4) is 11.4 Å². The van der Waals surface area contributed by atoms with E-state index in [0.717, 1.165) is 36.9 Å². The Morgan fingerprint density at radius 3 is 2.65 bits per heavy atom. The van der Waals surface area contributed by atoms with Crippen molar-refractivity contribution < 1.29 is 17.9 Å². The minimum Gasteiger partial charge on any atom is -0.406 e. The van der Waals surface area contributed by atoms with Crippen molar-refractivity contribution in [3.05, 3.63) is 104 Å². The van der Waals surface area contributed by atoms with E-state index in [1.54, 1.807) is 24.7 Å². The van der Waals surface area contributed by atoms with Gasteiger partial charge in [-0.05, 0) is 87.8 Å². The molecule has 0 amide bonds. The lowest BCUT2D eigenvalue weighted by molar-refractivity contribution is -0.274. The summed E-state index contributed by atoms with van der Waals surface area (Å²) in [4.78, 5) is 4.56. The van der Waals surface area contributed by atoms with Crippen LogP contribution >= 0.6 is 28.1 Å². The summed E-state index contributed by atoms with van der Waals surface area (Å²) in [6.07, 6.45) is 1.25. The number of nitrogens with zero attached hydrogens (tertiary/aromatic N) is 4. The molecule has 1 aliphatic carbocycles. The molecule has 0 saturated carbocycles. The lowest BCUT2D eigenvalue weighted by Crippen LogP contribution is -2.19. The molecular weight excluding hydrogens is 567 g/mol. The van der Waals surface area contributed by atoms with Gasteiger partial charge in [0.05, 0.1) is 22.6 Å². The average molecular weight is 584 g/mol. The molecule has 1 aromatic heterocycles. The van der Waals surface area contributed by atoms with Crippen LogP contribution in [0, 0.1) is 10.6 Å². The standard InChI is InChI=1S/C26H17BrF3N5OS/c27-21-3-1-2-4-22(21)33-25(37)34-32-14-16-5-11-20-17(13-16)6-12-23-24(20)31-15-35(23)18-7-9-19(10-8-18)36-26(28,29)30/h1-5,7-15H,6H2,(H,33,37)/b16-14+,34-32-. The molecule has 0 aliphatic heterocycles. The second-order valence-corrected chi connectivity index (χ2v) is 9.21. The summed E-state index contributed by atoms with van der Waals surface area (Å²) in [7, 11) is 0. The van der Waals surface area contributed by atoms with Gasteiger partial charge in [0.15, 0.2) is 0 Å². The maximum absolute atomic E-state index is 12.4. The van der Waals surface area contributed by atoms with E-state index in [-0.39, 0.29) is 10.9 Å². The van der Waals surface area contributed by atoms with Gasteiger partial charge in [-0.15, -0.1) is 18.3 Å². The normalized spacial score (nSPS) is 13.1. The molecular formula is C26H17BrF3N5OS. The third kappa shape index (κ3) is 5.78. The van der Waals surface area contributed by atoms with Crippen LogP contribution in [0.25, 0.3) is 18.0 Å². The number of para-hydroxylation sites is 1. The number of alkyl halides is 3. The molecule has 5 rings (SSSR count). The van der Waals surface area contributed by atoms with Gasteiger partial charge in [-0.2, -0.15) is 5.11 Å². The van der Waals surface area contributed by atoms with Crippen molar-refractivity contribution in [2.45, 2.75) is 12.8 Å². The van der Waals surface area contributed by atoms with Gasteiger partial charge in [0.1, 0.15) is 12.1 Å². The summed E-state index contributed by atoms with van der Waals surface area (Å²) in [5, 5.41) is 14.9. The first-order valence-corrected chi connectivity index (χ1v) is 12.2. The number of hydrogen-bond acceptors (Lipinski definition) is 4. The number of ether oxygens (including phenoxy) is 1. The molecule has 37 heavy (non-hydrogen) atoms. The highest BCUT2D eigenvalue weighted by molar-refractivity contribution is 9.10. The van der Waals surface area contributed by atoms with Crippen LogP contribution in [0.5, 0.6) is 5.75 Å². The zero-order valence-corrected chi connectivity index (χ0v) is 21.3. The van der Waals surface area contributed by atoms with E-state index in [2.05, 4.69) is 41.2 Å². The van der Waals surface area contributed by atoms with Crippen molar-refractivity contribution in [3.63, 3.8) is 0 Å². The predicted octanol–water partition coefficient (Wildman–Crippen LogP) is 5.74. The molecule has 11 heteroatoms. The predicted molar refractivity (Wildman–Crippen MR) is 141 cm³/mol. The number of fused-ring (bicyclic) bond motifs is 2. The number of halogens is 4. The molecule has 0 spiro atoms. The minimum atomic E-state index is -4.73. The summed E-state index contributed by atoms with van der Waals surface area (Å²) in [5.74, 6) is -0.273. The first-order chi connectivity index (χ1) is 17.8. The highest BCUT2D eigenvalue weighted by atomic mass is 79.9. The van der Waals surface area contributed by atoms with Crippen LogP contribution in [0.3, 0.4) is 0 Å². The molecule has 6 nitrogen and oxygen atoms in total. The number of imidazole rings is 1. The lowest BCUT2D eigenvalue weighted by Gasteiger charge is -2.10. The number of benzene rings is 3. The Labute approximate surface area is 222 Å². The van der Waals surface area contributed by atoms with Crippen LogP contribution in [0.15, 0.2) is 87.8 Å². The van der Waals surface area contributed by atoms with Crippen LogP contribution in [0.4, 0.5) is 18.9 Å². The monoisotopic (exact) mass is 583 g/mol. The molecule has 186 valence electrons. The summed E-state index contributed by atoms with van der Waals surface area (Å²) >= 11 is 8.69. The highest BCUT2D eigenvalue weighted by Crippen LogP contribution is 2.24. The number of rotatable bonds is 4. The number of anilines is 1. The van der Waals surface area contributed by atoms with E-state index in [1.807, 2.05) is 53.1 Å². The first kappa shape index (κ1) is 24.8. The van der Waals surface area contributed by atoms with Crippen LogP contribution in [0.1, 0.15) is 5.56 Å². The molecule has 0 bridgehead atoms. The van der Waals surface area contributed by atoms with Gasteiger partial charge in [-0.1, -0.05) is 30.3 Å². The maximum Gasteiger partial charge on any atom is 0.573 e. The van der Waals surface area contributed by atoms with E-state index in [4.69, 9.17) is 12.2 Å². The quantitative estimate of drug-likeness (QED) is 0.246. The van der Waals surface area contributed by atoms with Gasteiger partial charge in [0, 0.05) is 15.4 Å². The van der Waals surface area contributed by atoms with Gasteiger partial charge in [0.25, 0.3) is 0 Å². The molecule has 1 N–H and O–H groups in total. The van der Waals surface area contributed by atoms with Crippen molar-refractivity contribution >= 4 is 51.2 Å². The van der Waals surface area contributed by atoms with Gasteiger partial charge in [-0.25, -0.2) is 4.98 Å². The fraction of sp³-hybridized carbons (Fsp3) is 0.0769. The van der Waals surface area contributed by atoms with Crippen LogP contribution in [-0.4, -0.2) is 21.0 Å². The van der Waals surface area contributed by atoms with Gasteiger partial charge in [0.2, 0.25) is 5.11 Å². The Morgan fingerprint density at radius 2 is 1.89 bits per heavy atom. The van der Waals surface area contributed by atoms with Gasteiger partial charge >= 0.3 is 6.36 Å². The summed E-state index contributed by atoms with van der Waals surface area (Å²) < 4.78 is 44.0. The smallest absolute Gasteiger partial charge is 0.406 e. The van der Waals surface area contributed by atoms with Crippen LogP contribution in [-0.2, 0) is 6.42 Å².